The minimum Gasteiger partial charge on any atom is -0.0998 e. The maximum atomic E-state index is 4.43. The average molecular weight is 331 g/mol. The van der Waals surface area contributed by atoms with Gasteiger partial charge in [-0.05, 0) is 56.3 Å². The Bertz CT molecular complexity index is 415. The maximum absolute atomic E-state index is 4.43. The molecule has 0 bridgehead atoms. The van der Waals surface area contributed by atoms with Crippen molar-refractivity contribution < 1.29 is 0 Å². The summed E-state index contributed by atoms with van der Waals surface area (Å²) in [6.07, 6.45) is 14.4. The predicted octanol–water partition coefficient (Wildman–Crippen LogP) is 8.11. The highest BCUT2D eigenvalue weighted by Gasteiger charge is 2.23. The molecule has 0 aliphatic heterocycles. The summed E-state index contributed by atoms with van der Waals surface area (Å²) < 4.78 is 0. The van der Waals surface area contributed by atoms with Crippen molar-refractivity contribution in [2.24, 2.45) is 23.7 Å². The summed E-state index contributed by atoms with van der Waals surface area (Å²) in [6.45, 7) is 20.3. The smallest absolute Gasteiger partial charge is 0.0140 e. The molecule has 138 valence electrons. The normalized spacial score (nSPS) is 19.8. The minimum absolute atomic E-state index is 0.622. The van der Waals surface area contributed by atoms with Crippen molar-refractivity contribution in [3.05, 3.63) is 36.0 Å². The van der Waals surface area contributed by atoms with Gasteiger partial charge >= 0.3 is 0 Å². The zero-order chi connectivity index (χ0) is 18.1. The summed E-state index contributed by atoms with van der Waals surface area (Å²) in [5, 5.41) is 0. The summed E-state index contributed by atoms with van der Waals surface area (Å²) in [6, 6.07) is 0. The van der Waals surface area contributed by atoms with Gasteiger partial charge in [0.2, 0.25) is 0 Å². The first-order valence-electron chi connectivity index (χ1n) is 10.4. The van der Waals surface area contributed by atoms with E-state index in [1.54, 1.807) is 5.57 Å². The van der Waals surface area contributed by atoms with Crippen molar-refractivity contribution in [1.82, 2.24) is 0 Å². The lowest BCUT2D eigenvalue weighted by Crippen LogP contribution is -2.16. The Morgan fingerprint density at radius 3 is 2.04 bits per heavy atom. The largest absolute Gasteiger partial charge is 0.0998 e. The van der Waals surface area contributed by atoms with E-state index in [0.29, 0.717) is 11.8 Å². The SMILES string of the molecule is C=C(/C=C(/CC(C)CC)C(C)C)C[C@H](C(=C)C)C1CCCCCC1. The van der Waals surface area contributed by atoms with E-state index in [-0.39, 0.29) is 0 Å². The van der Waals surface area contributed by atoms with Crippen molar-refractivity contribution in [2.75, 3.05) is 0 Å². The van der Waals surface area contributed by atoms with Gasteiger partial charge in [0.15, 0.2) is 0 Å². The van der Waals surface area contributed by atoms with E-state index in [1.165, 1.54) is 62.5 Å². The van der Waals surface area contributed by atoms with E-state index in [4.69, 9.17) is 0 Å². The van der Waals surface area contributed by atoms with Gasteiger partial charge in [-0.15, -0.1) is 0 Å². The third-order valence-corrected chi connectivity index (χ3v) is 6.00. The van der Waals surface area contributed by atoms with Crippen molar-refractivity contribution >= 4 is 0 Å². The molecule has 0 amide bonds. The molecule has 0 radical (unpaired) electrons. The van der Waals surface area contributed by atoms with Crippen LogP contribution in [0.4, 0.5) is 0 Å². The first kappa shape index (κ1) is 21.3. The van der Waals surface area contributed by atoms with Crippen LogP contribution in [0.5, 0.6) is 0 Å². The molecule has 0 heteroatoms. The molecule has 24 heavy (non-hydrogen) atoms. The van der Waals surface area contributed by atoms with Crippen molar-refractivity contribution in [1.29, 1.82) is 0 Å². The van der Waals surface area contributed by atoms with Crippen LogP contribution in [-0.2, 0) is 0 Å². The summed E-state index contributed by atoms with van der Waals surface area (Å²) >= 11 is 0. The second kappa shape index (κ2) is 11.0. The number of allylic oxidation sites excluding steroid dienone is 4. The van der Waals surface area contributed by atoms with Crippen LogP contribution < -0.4 is 0 Å². The molecular weight excluding hydrogens is 288 g/mol. The highest BCUT2D eigenvalue weighted by molar-refractivity contribution is 5.24. The minimum atomic E-state index is 0.622. The van der Waals surface area contributed by atoms with Gasteiger partial charge in [-0.2, -0.15) is 0 Å². The van der Waals surface area contributed by atoms with Gasteiger partial charge in [-0.3, -0.25) is 0 Å². The molecule has 0 nitrogen and oxygen atoms in total. The molecule has 0 aromatic carbocycles. The lowest BCUT2D eigenvalue weighted by atomic mass is 9.78. The van der Waals surface area contributed by atoms with Gasteiger partial charge in [0.05, 0.1) is 0 Å². The lowest BCUT2D eigenvalue weighted by molar-refractivity contribution is 0.336. The molecule has 1 rings (SSSR count). The van der Waals surface area contributed by atoms with Gasteiger partial charge < -0.3 is 0 Å². The topological polar surface area (TPSA) is 0 Å². The van der Waals surface area contributed by atoms with Crippen LogP contribution in [0.15, 0.2) is 36.0 Å². The van der Waals surface area contributed by atoms with E-state index in [9.17, 15) is 0 Å². The molecule has 0 aromatic heterocycles. The Hall–Kier alpha value is -0.780. The zero-order valence-electron chi connectivity index (χ0n) is 17.2. The number of hydrogen-bond donors (Lipinski definition) is 0. The van der Waals surface area contributed by atoms with Crippen LogP contribution in [-0.4, -0.2) is 0 Å². The van der Waals surface area contributed by atoms with E-state index in [1.807, 2.05) is 0 Å². The molecule has 0 saturated heterocycles. The van der Waals surface area contributed by atoms with E-state index in [2.05, 4.69) is 53.9 Å². The average Bonchev–Trinajstić information content (AvgIpc) is 2.80. The maximum Gasteiger partial charge on any atom is -0.0140 e. The molecule has 1 aliphatic rings. The van der Waals surface area contributed by atoms with E-state index in [0.717, 1.165) is 18.3 Å². The van der Waals surface area contributed by atoms with E-state index >= 15 is 0 Å². The van der Waals surface area contributed by atoms with Crippen LogP contribution >= 0.6 is 0 Å². The number of hydrogen-bond acceptors (Lipinski definition) is 0. The second-order valence-corrected chi connectivity index (χ2v) is 8.66. The Morgan fingerprint density at radius 2 is 1.58 bits per heavy atom. The fourth-order valence-electron chi connectivity index (χ4n) is 4.07. The Morgan fingerprint density at radius 1 is 1.00 bits per heavy atom. The van der Waals surface area contributed by atoms with Crippen LogP contribution in [0.2, 0.25) is 0 Å². The molecule has 0 N–H and O–H groups in total. The number of rotatable bonds is 9. The second-order valence-electron chi connectivity index (χ2n) is 8.66. The van der Waals surface area contributed by atoms with Gasteiger partial charge in [-0.1, -0.05) is 95.8 Å². The highest BCUT2D eigenvalue weighted by atomic mass is 14.3. The quantitative estimate of drug-likeness (QED) is 0.227. The highest BCUT2D eigenvalue weighted by Crippen LogP contribution is 2.36. The predicted molar refractivity (Wildman–Crippen MR) is 110 cm³/mol. The molecule has 1 saturated carbocycles. The molecule has 0 heterocycles. The van der Waals surface area contributed by atoms with Crippen LogP contribution in [0.25, 0.3) is 0 Å². The third kappa shape index (κ3) is 7.41. The Balaban J connectivity index is 2.78. The van der Waals surface area contributed by atoms with Crippen molar-refractivity contribution in [3.8, 4) is 0 Å². The van der Waals surface area contributed by atoms with Crippen LogP contribution in [0.3, 0.4) is 0 Å². The fraction of sp³-hybridized carbons (Fsp3) is 0.750. The summed E-state index contributed by atoms with van der Waals surface area (Å²) in [4.78, 5) is 0. The molecular formula is C24H42. The molecule has 0 spiro atoms. The zero-order valence-corrected chi connectivity index (χ0v) is 17.2. The summed E-state index contributed by atoms with van der Waals surface area (Å²) in [5.41, 5.74) is 4.26. The van der Waals surface area contributed by atoms with Crippen molar-refractivity contribution in [2.45, 2.75) is 92.4 Å². The first-order valence-corrected chi connectivity index (χ1v) is 10.4. The standard InChI is InChI=1S/C24H42/c1-8-20(6)15-23(18(2)3)16-21(7)17-24(19(4)5)22-13-11-9-10-12-14-22/h16,18,20,22,24H,4,7-15,17H2,1-3,5-6H3/b23-16-/t20?,24-/m1/s1. The Kier molecular flexibility index (Phi) is 9.71. The molecule has 1 fully saturated rings. The Labute approximate surface area is 152 Å². The van der Waals surface area contributed by atoms with Crippen LogP contribution in [0.1, 0.15) is 92.4 Å². The summed E-state index contributed by atoms with van der Waals surface area (Å²) in [5.74, 6) is 2.85. The lowest BCUT2D eigenvalue weighted by Gasteiger charge is -2.27. The fourth-order valence-corrected chi connectivity index (χ4v) is 4.07. The monoisotopic (exact) mass is 330 g/mol. The van der Waals surface area contributed by atoms with Gasteiger partial charge in [0.25, 0.3) is 0 Å². The third-order valence-electron chi connectivity index (χ3n) is 6.00. The van der Waals surface area contributed by atoms with Crippen LogP contribution in [0, 0.1) is 23.7 Å². The van der Waals surface area contributed by atoms with Gasteiger partial charge in [-0.25, -0.2) is 0 Å². The van der Waals surface area contributed by atoms with E-state index < -0.39 is 0 Å². The molecule has 0 aromatic rings. The first-order chi connectivity index (χ1) is 11.3. The van der Waals surface area contributed by atoms with Gasteiger partial charge in [0, 0.05) is 0 Å². The molecule has 1 unspecified atom stereocenters. The molecule has 2 atom stereocenters. The summed E-state index contributed by atoms with van der Waals surface area (Å²) in [7, 11) is 0. The molecule has 1 aliphatic carbocycles. The van der Waals surface area contributed by atoms with Crippen molar-refractivity contribution in [3.63, 3.8) is 0 Å². The van der Waals surface area contributed by atoms with Gasteiger partial charge in [0.1, 0.15) is 0 Å².